The minimum absolute atomic E-state index is 0.135. The van der Waals surface area contributed by atoms with Crippen LogP contribution < -0.4 is 0 Å². The van der Waals surface area contributed by atoms with Crippen molar-refractivity contribution in [2.75, 3.05) is 26.7 Å². The maximum Gasteiger partial charge on any atom is 0.308 e. The molecule has 1 aromatic carbocycles. The topological polar surface area (TPSA) is 84.0 Å². The lowest BCUT2D eigenvalue weighted by Gasteiger charge is -2.34. The van der Waals surface area contributed by atoms with Gasteiger partial charge in [0.2, 0.25) is 15.9 Å². The number of sulfonamides is 1. The molecule has 2 saturated heterocycles. The van der Waals surface area contributed by atoms with E-state index in [2.05, 4.69) is 0 Å². The molecule has 7 nitrogen and oxygen atoms in total. The molecule has 0 unspecified atom stereocenters. The van der Waals surface area contributed by atoms with E-state index in [9.17, 15) is 18.0 Å². The number of piperidine rings is 1. The maximum atomic E-state index is 13.0. The lowest BCUT2D eigenvalue weighted by atomic mass is 9.96. The predicted octanol–water partition coefficient (Wildman–Crippen LogP) is 1.90. The van der Waals surface area contributed by atoms with Crippen molar-refractivity contribution < 1.29 is 22.7 Å². The second kappa shape index (κ2) is 8.16. The molecule has 0 N–H and O–H groups in total. The van der Waals surface area contributed by atoms with Crippen molar-refractivity contribution in [1.82, 2.24) is 9.21 Å². The third-order valence-corrected chi connectivity index (χ3v) is 7.42. The summed E-state index contributed by atoms with van der Waals surface area (Å²) in [6.45, 7) is 1.19. The Morgan fingerprint density at radius 1 is 1.07 bits per heavy atom. The number of esters is 1. The van der Waals surface area contributed by atoms with Crippen LogP contribution in [0.4, 0.5) is 0 Å². The van der Waals surface area contributed by atoms with Crippen molar-refractivity contribution >= 4 is 33.5 Å². The molecule has 1 aromatic rings. The summed E-state index contributed by atoms with van der Waals surface area (Å²) in [7, 11) is -2.40. The zero-order valence-electron chi connectivity index (χ0n) is 15.1. The Morgan fingerprint density at radius 2 is 1.70 bits per heavy atom. The Hall–Kier alpha value is -1.64. The summed E-state index contributed by atoms with van der Waals surface area (Å²) in [6.07, 6.45) is 2.22. The molecule has 27 heavy (non-hydrogen) atoms. The van der Waals surface area contributed by atoms with Crippen LogP contribution in [-0.4, -0.2) is 62.3 Å². The van der Waals surface area contributed by atoms with Crippen LogP contribution in [0.25, 0.3) is 0 Å². The van der Waals surface area contributed by atoms with Gasteiger partial charge in [0, 0.05) is 24.7 Å². The average Bonchev–Trinajstić information content (AvgIpc) is 3.18. The number of hydrogen-bond donors (Lipinski definition) is 0. The number of hydrogen-bond acceptors (Lipinski definition) is 5. The third kappa shape index (κ3) is 4.12. The standard InChI is InChI=1S/C18H23ClN2O5S/c1-26-18(23)13-8-11-20(12-9-13)17(22)16-3-2-10-21(16)27(24,25)15-6-4-14(19)5-7-15/h4-7,13,16H,2-3,8-12H2,1H3/t16-/m1/s1. The van der Waals surface area contributed by atoms with E-state index in [0.29, 0.717) is 50.3 Å². The van der Waals surface area contributed by atoms with Gasteiger partial charge in [-0.15, -0.1) is 0 Å². The van der Waals surface area contributed by atoms with Crippen molar-refractivity contribution in [2.45, 2.75) is 36.6 Å². The van der Waals surface area contributed by atoms with Gasteiger partial charge in [-0.05, 0) is 49.9 Å². The van der Waals surface area contributed by atoms with Crippen LogP contribution in [0.1, 0.15) is 25.7 Å². The van der Waals surface area contributed by atoms with Crippen molar-refractivity contribution in [3.63, 3.8) is 0 Å². The van der Waals surface area contributed by atoms with Crippen LogP contribution >= 0.6 is 11.6 Å². The molecule has 2 aliphatic heterocycles. The Kier molecular flexibility index (Phi) is 6.08. The van der Waals surface area contributed by atoms with Gasteiger partial charge < -0.3 is 9.64 Å². The van der Waals surface area contributed by atoms with E-state index in [1.54, 1.807) is 4.90 Å². The van der Waals surface area contributed by atoms with Gasteiger partial charge in [0.25, 0.3) is 0 Å². The molecule has 3 rings (SSSR count). The molecule has 2 heterocycles. The van der Waals surface area contributed by atoms with Crippen molar-refractivity contribution in [1.29, 1.82) is 0 Å². The van der Waals surface area contributed by atoms with Crippen LogP contribution in [0.2, 0.25) is 5.02 Å². The second-order valence-electron chi connectivity index (χ2n) is 6.85. The van der Waals surface area contributed by atoms with Crippen LogP contribution in [0.15, 0.2) is 29.2 Å². The van der Waals surface area contributed by atoms with Crippen molar-refractivity contribution in [3.05, 3.63) is 29.3 Å². The molecule has 1 amide bonds. The number of carbonyl (C=O) groups is 2. The molecular formula is C18H23ClN2O5S. The summed E-state index contributed by atoms with van der Waals surface area (Å²) >= 11 is 5.84. The highest BCUT2D eigenvalue weighted by atomic mass is 35.5. The third-order valence-electron chi connectivity index (χ3n) is 5.25. The molecule has 148 valence electrons. The molecule has 0 aromatic heterocycles. The first-order chi connectivity index (χ1) is 12.8. The van der Waals surface area contributed by atoms with Crippen LogP contribution in [0.3, 0.4) is 0 Å². The summed E-state index contributed by atoms with van der Waals surface area (Å²) in [5.41, 5.74) is 0. The Balaban J connectivity index is 1.72. The monoisotopic (exact) mass is 414 g/mol. The van der Waals surface area contributed by atoms with Crippen LogP contribution in [-0.2, 0) is 24.3 Å². The van der Waals surface area contributed by atoms with E-state index in [4.69, 9.17) is 16.3 Å². The Morgan fingerprint density at radius 3 is 2.30 bits per heavy atom. The largest absolute Gasteiger partial charge is 0.469 e. The summed E-state index contributed by atoms with van der Waals surface area (Å²) in [5, 5.41) is 0.455. The number of rotatable bonds is 4. The number of carbonyl (C=O) groups excluding carboxylic acids is 2. The minimum Gasteiger partial charge on any atom is -0.469 e. The van der Waals surface area contributed by atoms with Crippen LogP contribution in [0.5, 0.6) is 0 Å². The minimum atomic E-state index is -3.76. The molecule has 2 aliphatic rings. The first-order valence-corrected chi connectivity index (χ1v) is 10.8. The fraction of sp³-hybridized carbons (Fsp3) is 0.556. The van der Waals surface area contributed by atoms with E-state index >= 15 is 0 Å². The van der Waals surface area contributed by atoms with Gasteiger partial charge in [-0.1, -0.05) is 11.6 Å². The number of amides is 1. The fourth-order valence-electron chi connectivity index (χ4n) is 3.73. The van der Waals surface area contributed by atoms with E-state index < -0.39 is 16.1 Å². The van der Waals surface area contributed by atoms with E-state index in [-0.39, 0.29) is 22.7 Å². The highest BCUT2D eigenvalue weighted by Gasteiger charge is 2.42. The fourth-order valence-corrected chi connectivity index (χ4v) is 5.51. The van der Waals surface area contributed by atoms with Gasteiger partial charge in [-0.2, -0.15) is 4.31 Å². The lowest BCUT2D eigenvalue weighted by Crippen LogP contribution is -2.50. The highest BCUT2D eigenvalue weighted by molar-refractivity contribution is 7.89. The predicted molar refractivity (Wildman–Crippen MR) is 99.7 cm³/mol. The van der Waals surface area contributed by atoms with Gasteiger partial charge in [0.15, 0.2) is 0 Å². The number of ether oxygens (including phenoxy) is 1. The highest BCUT2D eigenvalue weighted by Crippen LogP contribution is 2.29. The number of likely N-dealkylation sites (tertiary alicyclic amines) is 1. The number of halogens is 1. The molecule has 0 radical (unpaired) electrons. The quantitative estimate of drug-likeness (QED) is 0.702. The van der Waals surface area contributed by atoms with Gasteiger partial charge in [-0.25, -0.2) is 8.42 Å². The Labute approximate surface area is 164 Å². The van der Waals surface area contributed by atoms with E-state index in [1.165, 1.54) is 35.7 Å². The summed E-state index contributed by atoms with van der Waals surface area (Å²) in [5.74, 6) is -0.639. The summed E-state index contributed by atoms with van der Waals surface area (Å²) in [6, 6.07) is 5.27. The van der Waals surface area contributed by atoms with Gasteiger partial charge in [-0.3, -0.25) is 9.59 Å². The average molecular weight is 415 g/mol. The normalized spacial score (nSPS) is 22.0. The molecule has 1 atom stereocenters. The molecule has 0 bridgehead atoms. The van der Waals surface area contributed by atoms with E-state index in [0.717, 1.165) is 0 Å². The summed E-state index contributed by atoms with van der Waals surface area (Å²) in [4.78, 5) is 26.4. The SMILES string of the molecule is COC(=O)C1CCN(C(=O)[C@H]2CCCN2S(=O)(=O)c2ccc(Cl)cc2)CC1. The van der Waals surface area contributed by atoms with Gasteiger partial charge in [0.1, 0.15) is 6.04 Å². The zero-order chi connectivity index (χ0) is 19.6. The maximum absolute atomic E-state index is 13.0. The lowest BCUT2D eigenvalue weighted by molar-refractivity contribution is -0.149. The van der Waals surface area contributed by atoms with Gasteiger partial charge >= 0.3 is 5.97 Å². The second-order valence-corrected chi connectivity index (χ2v) is 9.18. The molecule has 0 aliphatic carbocycles. The summed E-state index contributed by atoms with van der Waals surface area (Å²) < 4.78 is 32.0. The molecule has 0 spiro atoms. The van der Waals surface area contributed by atoms with Crippen molar-refractivity contribution in [3.8, 4) is 0 Å². The number of benzene rings is 1. The first-order valence-electron chi connectivity index (χ1n) is 8.98. The Bertz CT molecular complexity index is 804. The van der Waals surface area contributed by atoms with Crippen molar-refractivity contribution in [2.24, 2.45) is 5.92 Å². The molecular weight excluding hydrogens is 392 g/mol. The number of nitrogens with zero attached hydrogens (tertiary/aromatic N) is 2. The first kappa shape index (κ1) is 20.1. The zero-order valence-corrected chi connectivity index (χ0v) is 16.7. The number of methoxy groups -OCH3 is 1. The van der Waals surface area contributed by atoms with Gasteiger partial charge in [0.05, 0.1) is 17.9 Å². The van der Waals surface area contributed by atoms with E-state index in [1.807, 2.05) is 0 Å². The van der Waals surface area contributed by atoms with Crippen LogP contribution in [0, 0.1) is 5.92 Å². The molecule has 9 heteroatoms. The molecule has 2 fully saturated rings. The smallest absolute Gasteiger partial charge is 0.308 e. The molecule has 0 saturated carbocycles.